The van der Waals surface area contributed by atoms with Crippen LogP contribution in [0.1, 0.15) is 10.4 Å². The van der Waals surface area contributed by atoms with E-state index in [2.05, 4.69) is 21.7 Å². The van der Waals surface area contributed by atoms with Crippen molar-refractivity contribution >= 4 is 42.1 Å². The number of thiophene rings is 1. The number of carbonyl (C=O) groups is 1. The molecule has 0 bridgehead atoms. The summed E-state index contributed by atoms with van der Waals surface area (Å²) in [6, 6.07) is 2.16. The van der Waals surface area contributed by atoms with Crippen LogP contribution in [0.25, 0.3) is 0 Å². The molecular weight excluding hydrogens is 317 g/mol. The Hall–Kier alpha value is -0.330. The first-order valence-electron chi connectivity index (χ1n) is 6.59. The minimum absolute atomic E-state index is 0. The standard InChI is InChI=1S/C13H19N3OS.2ClH/c17-13(10-15-6-3-14-4-7-15)16-5-1-12-11(9-16)2-8-18-12;;/h2,8,14H,1,3-7,9-10H2;2*1H. The number of nitrogens with one attached hydrogen (secondary N) is 1. The molecule has 2 aliphatic heterocycles. The highest BCUT2D eigenvalue weighted by Crippen LogP contribution is 2.23. The Bertz CT molecular complexity index is 435. The first kappa shape index (κ1) is 17.7. The summed E-state index contributed by atoms with van der Waals surface area (Å²) in [6.07, 6.45) is 1.03. The predicted octanol–water partition coefficient (Wildman–Crippen LogP) is 1.38. The van der Waals surface area contributed by atoms with E-state index in [9.17, 15) is 4.79 Å². The fourth-order valence-electron chi connectivity index (χ4n) is 2.62. The summed E-state index contributed by atoms with van der Waals surface area (Å²) in [4.78, 5) is 18.0. The van der Waals surface area contributed by atoms with Gasteiger partial charge in [0, 0.05) is 44.1 Å². The molecule has 114 valence electrons. The van der Waals surface area contributed by atoms with Gasteiger partial charge in [0.25, 0.3) is 0 Å². The molecule has 1 saturated heterocycles. The molecule has 1 aromatic heterocycles. The summed E-state index contributed by atoms with van der Waals surface area (Å²) in [5.74, 6) is 0.286. The van der Waals surface area contributed by atoms with Gasteiger partial charge >= 0.3 is 0 Å². The topological polar surface area (TPSA) is 35.6 Å². The summed E-state index contributed by atoms with van der Waals surface area (Å²) >= 11 is 1.82. The molecule has 2 aliphatic rings. The van der Waals surface area contributed by atoms with Crippen molar-refractivity contribution in [1.82, 2.24) is 15.1 Å². The van der Waals surface area contributed by atoms with Gasteiger partial charge in [-0.3, -0.25) is 9.69 Å². The summed E-state index contributed by atoms with van der Waals surface area (Å²) in [5, 5.41) is 5.45. The molecule has 0 radical (unpaired) electrons. The third-order valence-corrected chi connectivity index (χ3v) is 4.75. The lowest BCUT2D eigenvalue weighted by molar-refractivity contribution is -0.133. The average molecular weight is 338 g/mol. The first-order valence-corrected chi connectivity index (χ1v) is 7.47. The maximum Gasteiger partial charge on any atom is 0.237 e. The quantitative estimate of drug-likeness (QED) is 0.885. The van der Waals surface area contributed by atoms with E-state index in [4.69, 9.17) is 0 Å². The summed E-state index contributed by atoms with van der Waals surface area (Å²) in [7, 11) is 0. The van der Waals surface area contributed by atoms with Crippen molar-refractivity contribution in [2.24, 2.45) is 0 Å². The second kappa shape index (κ2) is 8.20. The molecule has 1 N–H and O–H groups in total. The van der Waals surface area contributed by atoms with E-state index in [0.29, 0.717) is 6.54 Å². The van der Waals surface area contributed by atoms with E-state index in [1.54, 1.807) is 0 Å². The van der Waals surface area contributed by atoms with Crippen molar-refractivity contribution in [3.63, 3.8) is 0 Å². The van der Waals surface area contributed by atoms with Gasteiger partial charge in [-0.25, -0.2) is 0 Å². The monoisotopic (exact) mass is 337 g/mol. The minimum atomic E-state index is 0. The Morgan fingerprint density at radius 1 is 1.25 bits per heavy atom. The van der Waals surface area contributed by atoms with Gasteiger partial charge in [0.15, 0.2) is 0 Å². The van der Waals surface area contributed by atoms with Crippen LogP contribution >= 0.6 is 36.2 Å². The largest absolute Gasteiger partial charge is 0.337 e. The van der Waals surface area contributed by atoms with Gasteiger partial charge in [0.2, 0.25) is 5.91 Å². The maximum atomic E-state index is 12.3. The van der Waals surface area contributed by atoms with Crippen molar-refractivity contribution in [1.29, 1.82) is 0 Å². The molecule has 0 aromatic carbocycles. The van der Waals surface area contributed by atoms with Crippen LogP contribution in [0, 0.1) is 0 Å². The van der Waals surface area contributed by atoms with Gasteiger partial charge in [-0.15, -0.1) is 36.2 Å². The molecule has 7 heteroatoms. The Balaban J connectivity index is 0.000001000. The molecule has 0 spiro atoms. The van der Waals surface area contributed by atoms with Gasteiger partial charge in [-0.2, -0.15) is 0 Å². The third-order valence-electron chi connectivity index (χ3n) is 3.73. The van der Waals surface area contributed by atoms with Crippen LogP contribution in [0.2, 0.25) is 0 Å². The highest BCUT2D eigenvalue weighted by atomic mass is 35.5. The number of fused-ring (bicyclic) bond motifs is 1. The van der Waals surface area contributed by atoms with E-state index in [1.807, 2.05) is 16.2 Å². The van der Waals surface area contributed by atoms with Crippen LogP contribution < -0.4 is 5.32 Å². The lowest BCUT2D eigenvalue weighted by Gasteiger charge is -2.31. The second-order valence-electron chi connectivity index (χ2n) is 4.96. The summed E-state index contributed by atoms with van der Waals surface area (Å²) in [6.45, 7) is 6.26. The molecule has 0 saturated carbocycles. The van der Waals surface area contributed by atoms with Crippen LogP contribution in [0.4, 0.5) is 0 Å². The molecular formula is C13H21Cl2N3OS. The lowest BCUT2D eigenvalue weighted by Crippen LogP contribution is -2.49. The molecule has 0 aliphatic carbocycles. The van der Waals surface area contributed by atoms with Crippen LogP contribution in [0.5, 0.6) is 0 Å². The highest BCUT2D eigenvalue weighted by molar-refractivity contribution is 7.10. The number of hydrogen-bond donors (Lipinski definition) is 1. The minimum Gasteiger partial charge on any atom is -0.337 e. The number of amides is 1. The van der Waals surface area contributed by atoms with E-state index in [1.165, 1.54) is 10.4 Å². The van der Waals surface area contributed by atoms with Gasteiger partial charge < -0.3 is 10.2 Å². The summed E-state index contributed by atoms with van der Waals surface area (Å²) < 4.78 is 0. The van der Waals surface area contributed by atoms with Crippen molar-refractivity contribution in [2.45, 2.75) is 13.0 Å². The number of carbonyl (C=O) groups excluding carboxylic acids is 1. The van der Waals surface area contributed by atoms with E-state index in [-0.39, 0.29) is 30.7 Å². The molecule has 1 aromatic rings. The molecule has 4 nitrogen and oxygen atoms in total. The average Bonchev–Trinajstić information content (AvgIpc) is 2.87. The van der Waals surface area contributed by atoms with E-state index < -0.39 is 0 Å². The molecule has 0 unspecified atom stereocenters. The smallest absolute Gasteiger partial charge is 0.237 e. The van der Waals surface area contributed by atoms with Gasteiger partial charge in [-0.1, -0.05) is 0 Å². The van der Waals surface area contributed by atoms with Crippen LogP contribution in [-0.2, 0) is 17.8 Å². The maximum absolute atomic E-state index is 12.3. The Kier molecular flexibility index (Phi) is 7.26. The van der Waals surface area contributed by atoms with Crippen molar-refractivity contribution in [2.75, 3.05) is 39.3 Å². The SMILES string of the molecule is Cl.Cl.O=C(CN1CCNCC1)N1CCc2sccc2C1. The van der Waals surface area contributed by atoms with E-state index >= 15 is 0 Å². The Labute approximate surface area is 136 Å². The Morgan fingerprint density at radius 2 is 2.00 bits per heavy atom. The number of rotatable bonds is 2. The predicted molar refractivity (Wildman–Crippen MR) is 87.2 cm³/mol. The highest BCUT2D eigenvalue weighted by Gasteiger charge is 2.23. The fourth-order valence-corrected chi connectivity index (χ4v) is 3.51. The number of halogens is 2. The van der Waals surface area contributed by atoms with Crippen LogP contribution in [0.3, 0.4) is 0 Å². The first-order chi connectivity index (χ1) is 8.83. The number of piperazine rings is 1. The van der Waals surface area contributed by atoms with Crippen LogP contribution in [0.15, 0.2) is 11.4 Å². The van der Waals surface area contributed by atoms with E-state index in [0.717, 1.165) is 45.7 Å². The molecule has 20 heavy (non-hydrogen) atoms. The molecule has 3 heterocycles. The zero-order chi connectivity index (χ0) is 12.4. The van der Waals surface area contributed by atoms with Crippen molar-refractivity contribution in [3.8, 4) is 0 Å². The molecule has 1 amide bonds. The van der Waals surface area contributed by atoms with Gasteiger partial charge in [0.05, 0.1) is 6.54 Å². The van der Waals surface area contributed by atoms with Crippen molar-refractivity contribution < 1.29 is 4.79 Å². The number of nitrogens with zero attached hydrogens (tertiary/aromatic N) is 2. The molecule has 1 fully saturated rings. The third kappa shape index (κ3) is 4.09. The van der Waals surface area contributed by atoms with Crippen molar-refractivity contribution in [3.05, 3.63) is 21.9 Å². The molecule has 3 rings (SSSR count). The number of hydrogen-bond acceptors (Lipinski definition) is 4. The Morgan fingerprint density at radius 3 is 2.75 bits per heavy atom. The zero-order valence-corrected chi connectivity index (χ0v) is 13.8. The van der Waals surface area contributed by atoms with Gasteiger partial charge in [0.1, 0.15) is 0 Å². The zero-order valence-electron chi connectivity index (χ0n) is 11.3. The second-order valence-corrected chi connectivity index (χ2v) is 5.96. The lowest BCUT2D eigenvalue weighted by atomic mass is 10.1. The normalized spacial score (nSPS) is 18.7. The molecule has 0 atom stereocenters. The van der Waals surface area contributed by atoms with Crippen LogP contribution in [-0.4, -0.2) is 55.0 Å². The fraction of sp³-hybridized carbons (Fsp3) is 0.615. The van der Waals surface area contributed by atoms with Gasteiger partial charge in [-0.05, 0) is 23.4 Å². The summed E-state index contributed by atoms with van der Waals surface area (Å²) in [5.41, 5.74) is 1.35.